The average molecular weight is 334 g/mol. The molecule has 2 N–H and O–H groups in total. The summed E-state index contributed by atoms with van der Waals surface area (Å²) in [5, 5.41) is 24.8. The van der Waals surface area contributed by atoms with E-state index in [2.05, 4.69) is 5.32 Å². The predicted octanol–water partition coefficient (Wildman–Crippen LogP) is -4.10. The van der Waals surface area contributed by atoms with Crippen molar-refractivity contribution in [1.29, 1.82) is 0 Å². The Hall–Kier alpha value is -0.800. The van der Waals surface area contributed by atoms with Crippen molar-refractivity contribution in [3.63, 3.8) is 0 Å². The van der Waals surface area contributed by atoms with Crippen molar-refractivity contribution in [2.75, 3.05) is 0 Å². The van der Waals surface area contributed by atoms with Gasteiger partial charge >= 0.3 is 29.6 Å². The normalized spacial score (nSPS) is 24.7. The van der Waals surface area contributed by atoms with Gasteiger partial charge < -0.3 is 25.2 Å². The van der Waals surface area contributed by atoms with Crippen LogP contribution >= 0.6 is 11.8 Å². The van der Waals surface area contributed by atoms with Crippen LogP contribution in [0.1, 0.15) is 20.3 Å². The molecule has 0 saturated carbocycles. The van der Waals surface area contributed by atoms with Crippen LogP contribution in [0.4, 0.5) is 0 Å². The number of amides is 2. The SMILES string of the molecule is CC(=O)NC=CSC1=C(C(=O)[O-])N2C(=O)C([C@@H](C)O)C2C1.[Na+]. The Kier molecular flexibility index (Phi) is 6.69. The molecular weight excluding hydrogens is 319 g/mol. The first-order chi connectivity index (χ1) is 9.84. The molecule has 2 aliphatic heterocycles. The quantitative estimate of drug-likeness (QED) is 0.391. The maximum Gasteiger partial charge on any atom is 1.00 e. The molecule has 0 aliphatic carbocycles. The molecule has 2 unspecified atom stereocenters. The molecule has 3 atom stereocenters. The minimum absolute atomic E-state index is 0. The fourth-order valence-corrected chi connectivity index (χ4v) is 3.45. The summed E-state index contributed by atoms with van der Waals surface area (Å²) in [5.41, 5.74) is -0.139. The van der Waals surface area contributed by atoms with Crippen molar-refractivity contribution in [2.45, 2.75) is 32.4 Å². The number of fused-ring (bicyclic) bond motifs is 1. The van der Waals surface area contributed by atoms with Crippen LogP contribution in [0.5, 0.6) is 0 Å². The summed E-state index contributed by atoms with van der Waals surface area (Å²) in [4.78, 5) is 35.5. The standard InChI is InChI=1S/C13H16N2O5S.Na/c1-6(16)10-8-5-9(21-4-3-14-7(2)17)11(13(19)20)15(8)12(10)18;/h3-4,6,8,10,16H,5H2,1-2H3,(H,14,17)(H,19,20);/q;+1/p-1/t6-,8?,10?;/m1./s1. The number of rotatable bonds is 5. The number of carbonyl (C=O) groups is 3. The van der Waals surface area contributed by atoms with Crippen LogP contribution in [-0.4, -0.2) is 39.9 Å². The minimum atomic E-state index is -1.41. The molecule has 2 amide bonds. The molecule has 0 aromatic rings. The van der Waals surface area contributed by atoms with Gasteiger partial charge in [-0.1, -0.05) is 11.8 Å². The molecule has 7 nitrogen and oxygen atoms in total. The zero-order chi connectivity index (χ0) is 15.7. The van der Waals surface area contributed by atoms with Crippen molar-refractivity contribution >= 4 is 29.5 Å². The van der Waals surface area contributed by atoms with Gasteiger partial charge in [-0.15, -0.1) is 0 Å². The fourth-order valence-electron chi connectivity index (χ4n) is 2.59. The number of hydrogen-bond acceptors (Lipinski definition) is 6. The van der Waals surface area contributed by atoms with Gasteiger partial charge in [-0.25, -0.2) is 0 Å². The van der Waals surface area contributed by atoms with Gasteiger partial charge in [0.2, 0.25) is 11.8 Å². The van der Waals surface area contributed by atoms with E-state index < -0.39 is 23.9 Å². The Morgan fingerprint density at radius 3 is 2.68 bits per heavy atom. The van der Waals surface area contributed by atoms with Crippen LogP contribution in [0, 0.1) is 5.92 Å². The van der Waals surface area contributed by atoms with Crippen molar-refractivity contribution in [3.05, 3.63) is 22.2 Å². The van der Waals surface area contributed by atoms with Gasteiger partial charge in [0.1, 0.15) is 0 Å². The van der Waals surface area contributed by atoms with Crippen LogP contribution in [0.15, 0.2) is 22.2 Å². The van der Waals surface area contributed by atoms with Gasteiger partial charge in [0, 0.05) is 24.4 Å². The monoisotopic (exact) mass is 334 g/mol. The van der Waals surface area contributed by atoms with Gasteiger partial charge in [-0.05, 0) is 12.3 Å². The van der Waals surface area contributed by atoms with Crippen LogP contribution in [0.25, 0.3) is 0 Å². The molecule has 2 rings (SSSR count). The summed E-state index contributed by atoms with van der Waals surface area (Å²) in [6.45, 7) is 2.87. The Morgan fingerprint density at radius 1 is 1.55 bits per heavy atom. The third-order valence-corrected chi connectivity index (χ3v) is 4.36. The van der Waals surface area contributed by atoms with E-state index in [-0.39, 0.29) is 47.2 Å². The summed E-state index contributed by atoms with van der Waals surface area (Å²) in [6, 6.07) is -0.331. The molecule has 2 aliphatic rings. The van der Waals surface area contributed by atoms with Crippen LogP contribution < -0.4 is 40.0 Å². The van der Waals surface area contributed by atoms with Crippen molar-refractivity contribution in [2.24, 2.45) is 5.92 Å². The zero-order valence-electron chi connectivity index (χ0n) is 12.5. The first-order valence-corrected chi connectivity index (χ1v) is 7.27. The second kappa shape index (κ2) is 7.65. The van der Waals surface area contributed by atoms with E-state index in [4.69, 9.17) is 0 Å². The van der Waals surface area contributed by atoms with Crippen molar-refractivity contribution in [3.8, 4) is 0 Å². The maximum absolute atomic E-state index is 11.9. The fraction of sp³-hybridized carbons (Fsp3) is 0.462. The number of carboxylic acid groups (broad SMARTS) is 1. The largest absolute Gasteiger partial charge is 1.00 e. The van der Waals surface area contributed by atoms with E-state index in [0.29, 0.717) is 11.3 Å². The molecule has 0 radical (unpaired) electrons. The van der Waals surface area contributed by atoms with Crippen molar-refractivity contribution in [1.82, 2.24) is 10.2 Å². The van der Waals surface area contributed by atoms with E-state index in [1.165, 1.54) is 30.4 Å². The summed E-state index contributed by atoms with van der Waals surface area (Å²) in [5.74, 6) is -2.61. The number of carboxylic acids is 1. The van der Waals surface area contributed by atoms with Gasteiger partial charge in [0.05, 0.1) is 29.7 Å². The molecule has 114 valence electrons. The first-order valence-electron chi connectivity index (χ1n) is 6.39. The van der Waals surface area contributed by atoms with E-state index in [9.17, 15) is 24.6 Å². The van der Waals surface area contributed by atoms with E-state index in [1.807, 2.05) is 0 Å². The number of β-lactam (4-membered cyclic amide) rings is 1. The molecule has 0 aromatic heterocycles. The van der Waals surface area contributed by atoms with Crippen LogP contribution in [0.2, 0.25) is 0 Å². The Balaban J connectivity index is 0.00000242. The molecule has 2 heterocycles. The van der Waals surface area contributed by atoms with Crippen LogP contribution in [-0.2, 0) is 14.4 Å². The summed E-state index contributed by atoms with van der Waals surface area (Å²) in [7, 11) is 0. The van der Waals surface area contributed by atoms with Gasteiger partial charge in [-0.2, -0.15) is 0 Å². The maximum atomic E-state index is 11.9. The molecular formula is C13H15N2NaO5S. The number of aliphatic carboxylic acids is 1. The second-order valence-electron chi connectivity index (χ2n) is 4.93. The number of nitrogens with zero attached hydrogens (tertiary/aromatic N) is 1. The zero-order valence-corrected chi connectivity index (χ0v) is 15.3. The van der Waals surface area contributed by atoms with Crippen molar-refractivity contribution < 1.29 is 54.2 Å². The second-order valence-corrected chi connectivity index (χ2v) is 5.93. The van der Waals surface area contributed by atoms with E-state index in [0.717, 1.165) is 11.8 Å². The Morgan fingerprint density at radius 2 is 2.18 bits per heavy atom. The Bertz CT molecular complexity index is 561. The first kappa shape index (κ1) is 19.2. The molecule has 0 spiro atoms. The van der Waals surface area contributed by atoms with Gasteiger partial charge in [-0.3, -0.25) is 9.59 Å². The summed E-state index contributed by atoms with van der Waals surface area (Å²) >= 11 is 1.11. The molecule has 1 fully saturated rings. The topological polar surface area (TPSA) is 110 Å². The molecule has 0 bridgehead atoms. The Labute approximate surface area is 154 Å². The van der Waals surface area contributed by atoms with E-state index >= 15 is 0 Å². The average Bonchev–Trinajstić information content (AvgIpc) is 2.68. The molecule has 0 aromatic carbocycles. The molecule has 22 heavy (non-hydrogen) atoms. The number of aliphatic hydroxyl groups excluding tert-OH is 1. The molecule has 1 saturated heterocycles. The molecule has 9 heteroatoms. The number of thioether (sulfide) groups is 1. The minimum Gasteiger partial charge on any atom is -0.543 e. The van der Waals surface area contributed by atoms with Gasteiger partial charge in [0.15, 0.2) is 0 Å². The smallest absolute Gasteiger partial charge is 0.543 e. The predicted molar refractivity (Wildman–Crippen MR) is 73.0 cm³/mol. The third-order valence-electron chi connectivity index (χ3n) is 3.45. The van der Waals surface area contributed by atoms with E-state index in [1.54, 1.807) is 0 Å². The van der Waals surface area contributed by atoms with Crippen LogP contribution in [0.3, 0.4) is 0 Å². The number of aliphatic hydroxyl groups is 1. The third kappa shape index (κ3) is 3.57. The number of nitrogens with one attached hydrogen (secondary N) is 1. The summed E-state index contributed by atoms with van der Waals surface area (Å²) in [6.07, 6.45) is 0.942. The summed E-state index contributed by atoms with van der Waals surface area (Å²) < 4.78 is 0. The van der Waals surface area contributed by atoms with Gasteiger partial charge in [0.25, 0.3) is 0 Å². The number of hydrogen-bond donors (Lipinski definition) is 2. The number of carbonyl (C=O) groups excluding carboxylic acids is 3.